The number of carbonyl (C=O) groups is 2. The van der Waals surface area contributed by atoms with Crippen LogP contribution in [0, 0.1) is 11.7 Å². The van der Waals surface area contributed by atoms with Gasteiger partial charge in [-0.15, -0.1) is 0 Å². The van der Waals surface area contributed by atoms with Crippen LogP contribution in [-0.2, 0) is 17.9 Å². The van der Waals surface area contributed by atoms with Crippen LogP contribution in [0.25, 0.3) is 0 Å². The van der Waals surface area contributed by atoms with E-state index in [1.807, 2.05) is 25.1 Å². The number of nitrogens with zero attached hydrogens (tertiary/aromatic N) is 3. The van der Waals surface area contributed by atoms with E-state index in [0.717, 1.165) is 32.2 Å². The number of carbonyl (C=O) groups excluding carboxylic acids is 1. The van der Waals surface area contributed by atoms with Crippen LogP contribution in [0.4, 0.5) is 9.18 Å². The summed E-state index contributed by atoms with van der Waals surface area (Å²) in [7, 11) is 2.13. The molecule has 39 heavy (non-hydrogen) atoms. The normalized spacial score (nSPS) is 21.0. The molecule has 212 valence electrons. The molecule has 1 unspecified atom stereocenters. The summed E-state index contributed by atoms with van der Waals surface area (Å²) in [6.07, 6.45) is 2.29. The van der Waals surface area contributed by atoms with Crippen molar-refractivity contribution in [3.63, 3.8) is 0 Å². The molecule has 2 fully saturated rings. The summed E-state index contributed by atoms with van der Waals surface area (Å²) in [6.45, 7) is 5.73. The van der Waals surface area contributed by atoms with Gasteiger partial charge in [0, 0.05) is 50.9 Å². The molecule has 0 radical (unpaired) electrons. The SMILES string of the molecule is CCOc1cccc(F)c1CN1CCN(C(=O)C(NC(=O)O)C2CCC(N(C)Cc3ccccc3)CC2)CC1. The van der Waals surface area contributed by atoms with Crippen molar-refractivity contribution in [2.75, 3.05) is 39.8 Å². The lowest BCUT2D eigenvalue weighted by Crippen LogP contribution is -2.57. The Balaban J connectivity index is 1.31. The van der Waals surface area contributed by atoms with Gasteiger partial charge in [-0.3, -0.25) is 14.6 Å². The van der Waals surface area contributed by atoms with E-state index in [-0.39, 0.29) is 17.6 Å². The van der Waals surface area contributed by atoms with Crippen molar-refractivity contribution in [1.82, 2.24) is 20.0 Å². The number of ether oxygens (including phenoxy) is 1. The van der Waals surface area contributed by atoms with E-state index >= 15 is 0 Å². The van der Waals surface area contributed by atoms with Crippen molar-refractivity contribution in [3.05, 3.63) is 65.5 Å². The van der Waals surface area contributed by atoms with Gasteiger partial charge in [0.1, 0.15) is 17.6 Å². The molecule has 1 saturated heterocycles. The monoisotopic (exact) mass is 540 g/mol. The number of piperazine rings is 1. The van der Waals surface area contributed by atoms with Crippen molar-refractivity contribution >= 4 is 12.0 Å². The summed E-state index contributed by atoms with van der Waals surface area (Å²) in [5, 5.41) is 12.1. The Morgan fingerprint density at radius 2 is 1.74 bits per heavy atom. The molecule has 1 atom stereocenters. The molecule has 2 amide bonds. The molecule has 0 spiro atoms. The van der Waals surface area contributed by atoms with Gasteiger partial charge in [-0.2, -0.15) is 0 Å². The Hall–Kier alpha value is -3.17. The lowest BCUT2D eigenvalue weighted by molar-refractivity contribution is -0.137. The van der Waals surface area contributed by atoms with E-state index in [1.165, 1.54) is 11.6 Å². The first-order valence-electron chi connectivity index (χ1n) is 14.0. The minimum Gasteiger partial charge on any atom is -0.493 e. The highest BCUT2D eigenvalue weighted by molar-refractivity contribution is 5.85. The second kappa shape index (κ2) is 13.8. The molecule has 8 nitrogen and oxygen atoms in total. The minimum absolute atomic E-state index is 0.0276. The van der Waals surface area contributed by atoms with Crippen LogP contribution < -0.4 is 10.1 Å². The average Bonchev–Trinajstić information content (AvgIpc) is 2.94. The van der Waals surface area contributed by atoms with Gasteiger partial charge in [-0.05, 0) is 63.3 Å². The number of hydrogen-bond donors (Lipinski definition) is 2. The zero-order chi connectivity index (χ0) is 27.8. The third-order valence-corrected chi connectivity index (χ3v) is 8.10. The van der Waals surface area contributed by atoms with Gasteiger partial charge in [0.25, 0.3) is 0 Å². The number of rotatable bonds is 10. The van der Waals surface area contributed by atoms with E-state index in [2.05, 4.69) is 34.3 Å². The van der Waals surface area contributed by atoms with E-state index in [9.17, 15) is 19.1 Å². The zero-order valence-corrected chi connectivity index (χ0v) is 23.0. The van der Waals surface area contributed by atoms with Crippen LogP contribution in [0.3, 0.4) is 0 Å². The number of carboxylic acid groups (broad SMARTS) is 1. The van der Waals surface area contributed by atoms with Crippen LogP contribution in [0.2, 0.25) is 0 Å². The lowest BCUT2D eigenvalue weighted by Gasteiger charge is -2.40. The second-order valence-electron chi connectivity index (χ2n) is 10.6. The van der Waals surface area contributed by atoms with E-state index in [4.69, 9.17) is 4.74 Å². The molecule has 2 N–H and O–H groups in total. The molecule has 0 bridgehead atoms. The van der Waals surface area contributed by atoms with E-state index in [1.54, 1.807) is 17.0 Å². The number of nitrogens with one attached hydrogen (secondary N) is 1. The standard InChI is InChI=1S/C30H41FN4O4/c1-3-39-27-11-7-10-26(31)25(27)21-34-16-18-35(19-17-34)29(36)28(32-30(37)38)23-12-14-24(15-13-23)33(2)20-22-8-5-4-6-9-22/h4-11,23-24,28,32H,3,12-21H2,1-2H3,(H,37,38). The minimum atomic E-state index is -1.17. The molecule has 2 aromatic carbocycles. The van der Waals surface area contributed by atoms with Crippen LogP contribution in [-0.4, -0.2) is 83.7 Å². The first-order valence-corrected chi connectivity index (χ1v) is 14.0. The summed E-state index contributed by atoms with van der Waals surface area (Å²) in [6, 6.07) is 14.9. The Bertz CT molecular complexity index is 1090. The summed E-state index contributed by atoms with van der Waals surface area (Å²) >= 11 is 0. The first kappa shape index (κ1) is 28.8. The third kappa shape index (κ3) is 7.70. The van der Waals surface area contributed by atoms with Crippen molar-refractivity contribution in [1.29, 1.82) is 0 Å². The summed E-state index contributed by atoms with van der Waals surface area (Å²) in [5.41, 5.74) is 1.80. The molecule has 9 heteroatoms. The van der Waals surface area contributed by atoms with Crippen LogP contribution in [0.1, 0.15) is 43.7 Å². The van der Waals surface area contributed by atoms with E-state index in [0.29, 0.717) is 56.7 Å². The van der Waals surface area contributed by atoms with Crippen molar-refractivity contribution in [2.24, 2.45) is 5.92 Å². The number of hydrogen-bond acceptors (Lipinski definition) is 5. The maximum atomic E-state index is 14.5. The van der Waals surface area contributed by atoms with Crippen LogP contribution >= 0.6 is 0 Å². The Labute approximate surface area is 230 Å². The largest absolute Gasteiger partial charge is 0.493 e. The fourth-order valence-corrected chi connectivity index (χ4v) is 5.92. The Morgan fingerprint density at radius 1 is 1.05 bits per heavy atom. The molecule has 1 aliphatic carbocycles. The van der Waals surface area contributed by atoms with Gasteiger partial charge in [0.15, 0.2) is 0 Å². The number of benzene rings is 2. The lowest BCUT2D eigenvalue weighted by atomic mass is 9.80. The van der Waals surface area contributed by atoms with Gasteiger partial charge < -0.3 is 20.1 Å². The predicted molar refractivity (Wildman–Crippen MR) is 148 cm³/mol. The Kier molecular flexibility index (Phi) is 10.2. The highest BCUT2D eigenvalue weighted by Crippen LogP contribution is 2.31. The summed E-state index contributed by atoms with van der Waals surface area (Å²) < 4.78 is 20.1. The van der Waals surface area contributed by atoms with Crippen LogP contribution in [0.15, 0.2) is 48.5 Å². The molecule has 2 aliphatic rings. The highest BCUT2D eigenvalue weighted by atomic mass is 19.1. The third-order valence-electron chi connectivity index (χ3n) is 8.10. The summed E-state index contributed by atoms with van der Waals surface area (Å²) in [4.78, 5) is 31.4. The number of amides is 2. The van der Waals surface area contributed by atoms with Gasteiger partial charge in [0.2, 0.25) is 5.91 Å². The van der Waals surface area contributed by atoms with E-state index < -0.39 is 12.1 Å². The van der Waals surface area contributed by atoms with Gasteiger partial charge >= 0.3 is 6.09 Å². The van der Waals surface area contributed by atoms with Gasteiger partial charge in [-0.25, -0.2) is 9.18 Å². The molecule has 0 aromatic heterocycles. The molecular weight excluding hydrogens is 499 g/mol. The predicted octanol–water partition coefficient (Wildman–Crippen LogP) is 4.20. The maximum Gasteiger partial charge on any atom is 0.405 e. The topological polar surface area (TPSA) is 85.3 Å². The second-order valence-corrected chi connectivity index (χ2v) is 10.6. The quantitative estimate of drug-likeness (QED) is 0.470. The molecular formula is C30H41FN4O4. The highest BCUT2D eigenvalue weighted by Gasteiger charge is 2.37. The fraction of sp³-hybridized carbons (Fsp3) is 0.533. The molecule has 1 aliphatic heterocycles. The maximum absolute atomic E-state index is 14.5. The molecule has 1 saturated carbocycles. The number of halogens is 1. The van der Waals surface area contributed by atoms with Gasteiger partial charge in [-0.1, -0.05) is 36.4 Å². The average molecular weight is 541 g/mol. The Morgan fingerprint density at radius 3 is 2.38 bits per heavy atom. The fourth-order valence-electron chi connectivity index (χ4n) is 5.92. The summed E-state index contributed by atoms with van der Waals surface area (Å²) in [5.74, 6) is 0.0705. The molecule has 4 rings (SSSR count). The molecule has 1 heterocycles. The van der Waals surface area contributed by atoms with Crippen molar-refractivity contribution in [2.45, 2.75) is 57.8 Å². The zero-order valence-electron chi connectivity index (χ0n) is 23.0. The van der Waals surface area contributed by atoms with Gasteiger partial charge in [0.05, 0.1) is 6.61 Å². The van der Waals surface area contributed by atoms with Crippen LogP contribution in [0.5, 0.6) is 5.75 Å². The van der Waals surface area contributed by atoms with Crippen molar-refractivity contribution < 1.29 is 23.8 Å². The molecule has 2 aromatic rings. The van der Waals surface area contributed by atoms with Crippen molar-refractivity contribution in [3.8, 4) is 5.75 Å². The first-order chi connectivity index (χ1) is 18.9. The smallest absolute Gasteiger partial charge is 0.405 e.